The number of nitrogen functional groups attached to an aromatic ring is 1. The van der Waals surface area contributed by atoms with Gasteiger partial charge in [0.1, 0.15) is 10.7 Å². The van der Waals surface area contributed by atoms with Crippen LogP contribution < -0.4 is 10.6 Å². The number of thiazole rings is 1. The number of nitrogens with zero attached hydrogens (tertiary/aromatic N) is 2. The number of hydrogen-bond acceptors (Lipinski definition) is 6. The van der Waals surface area contributed by atoms with Crippen molar-refractivity contribution in [3.63, 3.8) is 0 Å². The number of aromatic nitrogens is 1. The van der Waals surface area contributed by atoms with E-state index < -0.39 is 11.7 Å². The second-order valence-electron chi connectivity index (χ2n) is 6.67. The summed E-state index contributed by atoms with van der Waals surface area (Å²) >= 11 is 1.68. The van der Waals surface area contributed by atoms with Crippen LogP contribution in [0.1, 0.15) is 21.7 Å². The summed E-state index contributed by atoms with van der Waals surface area (Å²) in [4.78, 5) is 19.0. The van der Waals surface area contributed by atoms with Crippen molar-refractivity contribution in [1.82, 2.24) is 4.98 Å². The Balaban J connectivity index is 1.84. The number of carbonyl (C=O) groups is 1. The fourth-order valence-corrected chi connectivity index (χ4v) is 3.79. The van der Waals surface area contributed by atoms with Gasteiger partial charge in [-0.05, 0) is 43.7 Å². The van der Waals surface area contributed by atoms with Gasteiger partial charge in [0.05, 0.1) is 5.69 Å². The zero-order valence-corrected chi connectivity index (χ0v) is 16.8. The van der Waals surface area contributed by atoms with Crippen LogP contribution in [0.15, 0.2) is 42.5 Å². The minimum atomic E-state index is -1.30. The average Bonchev–Trinajstić information content (AvgIpc) is 3.00. The van der Waals surface area contributed by atoms with Crippen molar-refractivity contribution in [2.75, 3.05) is 17.7 Å². The minimum absolute atomic E-state index is 0.222. The number of aliphatic carboxylic acids is 1. The Morgan fingerprint density at radius 1 is 1.25 bits per heavy atom. The van der Waals surface area contributed by atoms with Crippen LogP contribution in [-0.2, 0) is 11.3 Å². The van der Waals surface area contributed by atoms with E-state index in [4.69, 9.17) is 16.2 Å². The van der Waals surface area contributed by atoms with Gasteiger partial charge in [-0.25, -0.2) is 9.78 Å². The van der Waals surface area contributed by atoms with E-state index >= 15 is 0 Å². The highest BCUT2D eigenvalue weighted by Gasteiger charge is 2.15. The quantitative estimate of drug-likeness (QED) is 0.431. The van der Waals surface area contributed by atoms with Gasteiger partial charge >= 0.3 is 5.97 Å². The fraction of sp³-hybridized carbons (Fsp3) is 0.190. The molecule has 0 atom stereocenters. The molecule has 144 valence electrons. The molecule has 3 rings (SSSR count). The van der Waals surface area contributed by atoms with Crippen LogP contribution in [0.5, 0.6) is 0 Å². The van der Waals surface area contributed by atoms with Crippen molar-refractivity contribution >= 4 is 34.4 Å². The maximum atomic E-state index is 11.1. The van der Waals surface area contributed by atoms with Gasteiger partial charge < -0.3 is 15.7 Å². The number of aryl methyl sites for hydroxylation is 2. The van der Waals surface area contributed by atoms with Crippen LogP contribution in [0.25, 0.3) is 10.6 Å². The number of carboxylic acids is 1. The number of anilines is 2. The first-order valence-electron chi connectivity index (χ1n) is 8.72. The van der Waals surface area contributed by atoms with Crippen LogP contribution in [0.4, 0.5) is 11.4 Å². The van der Waals surface area contributed by atoms with Crippen LogP contribution >= 0.6 is 11.3 Å². The Morgan fingerprint density at radius 2 is 2.00 bits per heavy atom. The summed E-state index contributed by atoms with van der Waals surface area (Å²) in [5.74, 6) is -1.30. The van der Waals surface area contributed by atoms with Crippen molar-refractivity contribution in [1.29, 1.82) is 5.41 Å². The van der Waals surface area contributed by atoms with Crippen LogP contribution in [0.2, 0.25) is 0 Å². The number of nitrogens with two attached hydrogens (primary N) is 1. The normalized spacial score (nSPS) is 10.7. The number of nitrogens with one attached hydrogen (secondary N) is 1. The molecular formula is C21H22N4O2S. The maximum absolute atomic E-state index is 11.1. The van der Waals surface area contributed by atoms with E-state index in [9.17, 15) is 4.79 Å². The molecular weight excluding hydrogens is 372 g/mol. The van der Waals surface area contributed by atoms with Gasteiger partial charge in [0.15, 0.2) is 0 Å². The summed E-state index contributed by atoms with van der Waals surface area (Å²) in [6.45, 7) is 4.71. The Hall–Kier alpha value is -3.19. The topological polar surface area (TPSA) is 103 Å². The second kappa shape index (κ2) is 7.82. The summed E-state index contributed by atoms with van der Waals surface area (Å²) in [6, 6.07) is 13.3. The van der Waals surface area contributed by atoms with Crippen molar-refractivity contribution in [3.8, 4) is 10.6 Å². The standard InChI is InChI=1S/C21H22N4O2S/c1-12-13(2)28-20(24-12)15-6-4-5-14(9-15)11-25(3)16-7-8-18(22)17(10-16)19(23)21(26)27/h4-10,23H,11,22H2,1-3H3,(H,26,27). The van der Waals surface area contributed by atoms with E-state index in [-0.39, 0.29) is 11.3 Å². The van der Waals surface area contributed by atoms with Crippen LogP contribution in [-0.4, -0.2) is 28.8 Å². The second-order valence-corrected chi connectivity index (χ2v) is 7.87. The average molecular weight is 395 g/mol. The van der Waals surface area contributed by atoms with E-state index in [0.717, 1.165) is 27.5 Å². The molecule has 0 fully saturated rings. The number of hydrogen-bond donors (Lipinski definition) is 3. The fourth-order valence-electron chi connectivity index (χ4n) is 2.88. The SMILES string of the molecule is Cc1nc(-c2cccc(CN(C)c3ccc(N)c(C(=N)C(=O)O)c3)c2)sc1C. The van der Waals surface area contributed by atoms with Gasteiger partial charge in [-0.1, -0.05) is 18.2 Å². The molecule has 3 aromatic rings. The maximum Gasteiger partial charge on any atom is 0.354 e. The monoisotopic (exact) mass is 394 g/mol. The molecule has 28 heavy (non-hydrogen) atoms. The van der Waals surface area contributed by atoms with E-state index in [0.29, 0.717) is 6.54 Å². The zero-order valence-electron chi connectivity index (χ0n) is 16.0. The predicted octanol–water partition coefficient (Wildman–Crippen LogP) is 4.10. The van der Waals surface area contributed by atoms with Gasteiger partial charge in [-0.15, -0.1) is 11.3 Å². The molecule has 0 unspecified atom stereocenters. The van der Waals surface area contributed by atoms with Crippen molar-refractivity contribution in [2.24, 2.45) is 0 Å². The van der Waals surface area contributed by atoms with E-state index in [1.807, 2.05) is 37.1 Å². The number of carboxylic acid groups (broad SMARTS) is 1. The Kier molecular flexibility index (Phi) is 5.46. The molecule has 0 saturated carbocycles. The first-order valence-corrected chi connectivity index (χ1v) is 9.54. The van der Waals surface area contributed by atoms with Gasteiger partial charge in [-0.2, -0.15) is 0 Å². The van der Waals surface area contributed by atoms with E-state index in [1.165, 1.54) is 4.88 Å². The summed E-state index contributed by atoms with van der Waals surface area (Å²) in [6.07, 6.45) is 0. The number of benzene rings is 2. The number of rotatable bonds is 6. The molecule has 4 N–H and O–H groups in total. The Morgan fingerprint density at radius 3 is 2.64 bits per heavy atom. The minimum Gasteiger partial charge on any atom is -0.477 e. The van der Waals surface area contributed by atoms with Crippen molar-refractivity contribution < 1.29 is 9.90 Å². The first-order chi connectivity index (χ1) is 13.3. The first kappa shape index (κ1) is 19.6. The highest BCUT2D eigenvalue weighted by atomic mass is 32.1. The van der Waals surface area contributed by atoms with Crippen LogP contribution in [0, 0.1) is 19.3 Å². The molecule has 1 heterocycles. The van der Waals surface area contributed by atoms with Crippen molar-refractivity contribution in [3.05, 3.63) is 64.2 Å². The Bertz CT molecular complexity index is 1040. The summed E-state index contributed by atoms with van der Waals surface area (Å²) < 4.78 is 0. The molecule has 0 spiro atoms. The molecule has 1 aromatic heterocycles. The third kappa shape index (κ3) is 4.04. The summed E-state index contributed by atoms with van der Waals surface area (Å²) in [7, 11) is 1.92. The molecule has 0 aliphatic carbocycles. The van der Waals surface area contributed by atoms with Gasteiger partial charge in [0.2, 0.25) is 0 Å². The lowest BCUT2D eigenvalue weighted by Gasteiger charge is -2.21. The molecule has 0 aliphatic heterocycles. The third-order valence-corrected chi connectivity index (χ3v) is 5.70. The highest BCUT2D eigenvalue weighted by Crippen LogP contribution is 2.29. The molecule has 0 aliphatic rings. The molecule has 0 bridgehead atoms. The lowest BCUT2D eigenvalue weighted by atomic mass is 10.1. The van der Waals surface area contributed by atoms with E-state index in [2.05, 4.69) is 24.0 Å². The zero-order chi connectivity index (χ0) is 20.4. The third-order valence-electron chi connectivity index (χ3n) is 4.58. The van der Waals surface area contributed by atoms with E-state index in [1.54, 1.807) is 23.5 Å². The summed E-state index contributed by atoms with van der Waals surface area (Å²) in [5.41, 5.74) is 9.88. The smallest absolute Gasteiger partial charge is 0.354 e. The van der Waals surface area contributed by atoms with Crippen molar-refractivity contribution in [2.45, 2.75) is 20.4 Å². The summed E-state index contributed by atoms with van der Waals surface area (Å²) in [5, 5.41) is 17.8. The van der Waals surface area contributed by atoms with Gasteiger partial charge in [0, 0.05) is 41.0 Å². The molecule has 0 radical (unpaired) electrons. The molecule has 0 saturated heterocycles. The van der Waals surface area contributed by atoms with Gasteiger partial charge in [-0.3, -0.25) is 5.41 Å². The van der Waals surface area contributed by atoms with Gasteiger partial charge in [0.25, 0.3) is 0 Å². The van der Waals surface area contributed by atoms with Crippen LogP contribution in [0.3, 0.4) is 0 Å². The lowest BCUT2D eigenvalue weighted by Crippen LogP contribution is -2.19. The molecule has 0 amide bonds. The molecule has 2 aromatic carbocycles. The largest absolute Gasteiger partial charge is 0.477 e. The predicted molar refractivity (Wildman–Crippen MR) is 114 cm³/mol. The lowest BCUT2D eigenvalue weighted by molar-refractivity contribution is -0.129. The molecule has 6 nitrogen and oxygen atoms in total. The highest BCUT2D eigenvalue weighted by molar-refractivity contribution is 7.15. The Labute approximate surface area is 167 Å². The molecule has 7 heteroatoms.